The molecule has 0 unspecified atom stereocenters. The normalized spacial score (nSPS) is 8.36. The third-order valence-electron chi connectivity index (χ3n) is 1.19. The molecule has 1 aromatic rings. The van der Waals surface area contributed by atoms with Crippen molar-refractivity contribution in [3.63, 3.8) is 0 Å². The molecule has 0 heterocycles. The molecule has 4 heteroatoms. The minimum atomic E-state index is -0.988. The summed E-state index contributed by atoms with van der Waals surface area (Å²) in [4.78, 5) is 10.3. The van der Waals surface area contributed by atoms with E-state index in [0.29, 0.717) is 5.69 Å². The quantitative estimate of drug-likeness (QED) is 0.576. The zero-order valence-electron chi connectivity index (χ0n) is 5.95. The molecule has 11 heavy (non-hydrogen) atoms. The van der Waals surface area contributed by atoms with E-state index in [4.69, 9.17) is 10.8 Å². The smallest absolute Gasteiger partial charge is 0.337 e. The van der Waals surface area contributed by atoms with Crippen LogP contribution in [-0.2, 0) is 27.3 Å². The van der Waals surface area contributed by atoms with Gasteiger partial charge < -0.3 is 10.8 Å². The van der Waals surface area contributed by atoms with E-state index in [0.717, 1.165) is 0 Å². The van der Waals surface area contributed by atoms with Crippen LogP contribution in [0.2, 0.25) is 0 Å². The first-order valence-corrected chi connectivity index (χ1v) is 2.79. The second-order valence-electron chi connectivity index (χ2n) is 1.89. The van der Waals surface area contributed by atoms with Crippen LogP contribution in [0.3, 0.4) is 0 Å². The average Bonchev–Trinajstić information content (AvgIpc) is 1.88. The number of benzene rings is 1. The van der Waals surface area contributed by atoms with Gasteiger partial charge in [0.15, 0.2) is 0 Å². The van der Waals surface area contributed by atoms with Gasteiger partial charge >= 0.3 is 5.97 Å². The maximum Gasteiger partial charge on any atom is 0.337 e. The van der Waals surface area contributed by atoms with Crippen molar-refractivity contribution in [1.29, 1.82) is 0 Å². The van der Waals surface area contributed by atoms with E-state index in [9.17, 15) is 4.79 Å². The molecule has 0 bridgehead atoms. The topological polar surface area (TPSA) is 63.3 Å². The van der Waals surface area contributed by atoms with Crippen molar-refractivity contribution in [2.75, 3.05) is 5.73 Å². The van der Waals surface area contributed by atoms with E-state index in [-0.39, 0.29) is 32.9 Å². The average molecular weight is 250 g/mol. The number of carboxylic acids is 1. The second kappa shape index (κ2) is 4.32. The second-order valence-corrected chi connectivity index (χ2v) is 1.89. The maximum absolute atomic E-state index is 10.3. The molecule has 0 radical (unpaired) electrons. The van der Waals surface area contributed by atoms with Gasteiger partial charge in [-0.1, -0.05) is 12.1 Å². The van der Waals surface area contributed by atoms with Crippen LogP contribution in [0, 0.1) is 0 Å². The molecule has 54 valence electrons. The summed E-state index contributed by atoms with van der Waals surface area (Å²) in [6, 6.07) is 6.36. The summed E-state index contributed by atoms with van der Waals surface area (Å²) in [5.74, 6) is -0.988. The minimum Gasteiger partial charge on any atom is -0.478 e. The van der Waals surface area contributed by atoms with Crippen LogP contribution in [0.1, 0.15) is 10.4 Å². The third kappa shape index (κ3) is 2.49. The number of hydrogen-bond donors (Lipinski definition) is 2. The Bertz CT molecular complexity index is 262. The van der Waals surface area contributed by atoms with Gasteiger partial charge in [0.05, 0.1) is 5.56 Å². The Morgan fingerprint density at radius 1 is 1.36 bits per heavy atom. The van der Waals surface area contributed by atoms with Gasteiger partial charge in [0.2, 0.25) is 0 Å². The minimum absolute atomic E-state index is 0. The first-order chi connectivity index (χ1) is 4.72. The molecule has 0 fully saturated rings. The van der Waals surface area contributed by atoms with Crippen LogP contribution in [0.4, 0.5) is 5.69 Å². The first-order valence-electron chi connectivity index (χ1n) is 2.79. The number of hydrogen-bond acceptors (Lipinski definition) is 2. The van der Waals surface area contributed by atoms with Crippen molar-refractivity contribution in [2.45, 2.75) is 0 Å². The molecule has 0 aliphatic heterocycles. The first kappa shape index (κ1) is 10.4. The van der Waals surface area contributed by atoms with E-state index in [2.05, 4.69) is 0 Å². The maximum atomic E-state index is 10.3. The van der Waals surface area contributed by atoms with Gasteiger partial charge in [0.25, 0.3) is 0 Å². The molecule has 0 aromatic heterocycles. The Hall–Kier alpha value is -0.588. The van der Waals surface area contributed by atoms with Crippen molar-refractivity contribution < 1.29 is 37.2 Å². The predicted molar refractivity (Wildman–Crippen MR) is 37.8 cm³/mol. The van der Waals surface area contributed by atoms with Crippen molar-refractivity contribution in [2.24, 2.45) is 0 Å². The Morgan fingerprint density at radius 3 is 2.27 bits per heavy atom. The molecular weight excluding hydrogens is 242 g/mol. The molecule has 3 N–H and O–H groups in total. The Labute approximate surface area is 84.4 Å². The van der Waals surface area contributed by atoms with E-state index >= 15 is 0 Å². The molecular formula is C7H7CdNO2. The zero-order valence-corrected chi connectivity index (χ0v) is 9.99. The molecule has 0 saturated heterocycles. The summed E-state index contributed by atoms with van der Waals surface area (Å²) in [5, 5.41) is 8.49. The van der Waals surface area contributed by atoms with E-state index < -0.39 is 5.97 Å². The monoisotopic (exact) mass is 251 g/mol. The van der Waals surface area contributed by atoms with Crippen LogP contribution < -0.4 is 5.73 Å². The summed E-state index contributed by atoms with van der Waals surface area (Å²) < 4.78 is 0. The fourth-order valence-electron chi connectivity index (χ4n) is 0.692. The number of nitrogens with two attached hydrogens (primary N) is 1. The van der Waals surface area contributed by atoms with E-state index in [1.54, 1.807) is 18.2 Å². The van der Waals surface area contributed by atoms with Crippen molar-refractivity contribution in [3.8, 4) is 0 Å². The summed E-state index contributed by atoms with van der Waals surface area (Å²) >= 11 is 0. The van der Waals surface area contributed by atoms with Crippen LogP contribution in [-0.4, -0.2) is 11.1 Å². The Kier molecular flexibility index (Phi) is 4.09. The molecule has 3 nitrogen and oxygen atoms in total. The van der Waals surface area contributed by atoms with E-state index in [1.165, 1.54) is 6.07 Å². The molecule has 0 amide bonds. The van der Waals surface area contributed by atoms with Crippen LogP contribution in [0.15, 0.2) is 24.3 Å². The summed E-state index contributed by atoms with van der Waals surface area (Å²) in [6.07, 6.45) is 0. The molecule has 0 aliphatic rings. The molecule has 0 atom stereocenters. The Morgan fingerprint density at radius 2 is 1.91 bits per heavy atom. The number of para-hydroxylation sites is 1. The van der Waals surface area contributed by atoms with E-state index in [1.807, 2.05) is 0 Å². The van der Waals surface area contributed by atoms with Gasteiger partial charge in [-0.25, -0.2) is 4.79 Å². The van der Waals surface area contributed by atoms with Crippen LogP contribution >= 0.6 is 0 Å². The Balaban J connectivity index is 0.000001000. The van der Waals surface area contributed by atoms with Gasteiger partial charge in [0.1, 0.15) is 0 Å². The van der Waals surface area contributed by atoms with Gasteiger partial charge in [-0.05, 0) is 12.1 Å². The fraction of sp³-hybridized carbons (Fsp3) is 0. The van der Waals surface area contributed by atoms with Gasteiger partial charge in [0, 0.05) is 33.0 Å². The predicted octanol–water partition coefficient (Wildman–Crippen LogP) is 0.965. The summed E-state index contributed by atoms with van der Waals surface area (Å²) in [7, 11) is 0. The standard InChI is InChI=1S/C7H7NO2.Cd/c8-6-4-2-1-3-5(6)7(9)10;/h1-4H,8H2,(H,9,10);. The number of carbonyl (C=O) groups is 1. The van der Waals surface area contributed by atoms with Crippen molar-refractivity contribution in [3.05, 3.63) is 29.8 Å². The molecule has 1 rings (SSSR count). The van der Waals surface area contributed by atoms with Crippen LogP contribution in [0.25, 0.3) is 0 Å². The molecule has 0 saturated carbocycles. The van der Waals surface area contributed by atoms with Crippen LogP contribution in [0.5, 0.6) is 0 Å². The SMILES string of the molecule is Nc1ccccc1C(=O)O.[Cd]. The van der Waals surface area contributed by atoms with Gasteiger partial charge in [-0.3, -0.25) is 0 Å². The number of aromatic carboxylic acids is 1. The molecule has 1 aromatic carbocycles. The van der Waals surface area contributed by atoms with Gasteiger partial charge in [-0.2, -0.15) is 0 Å². The van der Waals surface area contributed by atoms with Crippen molar-refractivity contribution >= 4 is 11.7 Å². The summed E-state index contributed by atoms with van der Waals surface area (Å²) in [5.41, 5.74) is 5.80. The number of nitrogen functional groups attached to an aromatic ring is 1. The fourth-order valence-corrected chi connectivity index (χ4v) is 0.692. The van der Waals surface area contributed by atoms with Crippen molar-refractivity contribution in [1.82, 2.24) is 0 Å². The molecule has 0 aliphatic carbocycles. The number of anilines is 1. The largest absolute Gasteiger partial charge is 0.478 e. The summed E-state index contributed by atoms with van der Waals surface area (Å²) in [6.45, 7) is 0. The zero-order chi connectivity index (χ0) is 7.56. The molecule has 0 spiro atoms. The third-order valence-corrected chi connectivity index (χ3v) is 1.19. The number of carboxylic acid groups (broad SMARTS) is 1. The number of rotatable bonds is 1. The van der Waals surface area contributed by atoms with Gasteiger partial charge in [-0.15, -0.1) is 0 Å².